The summed E-state index contributed by atoms with van der Waals surface area (Å²) < 4.78 is 0.903. The Morgan fingerprint density at radius 2 is 1.70 bits per heavy atom. The second-order valence-corrected chi connectivity index (χ2v) is 6.60. The third-order valence-corrected chi connectivity index (χ3v) is 4.99. The Morgan fingerprint density at radius 1 is 1.00 bits per heavy atom. The molecule has 0 amide bonds. The lowest BCUT2D eigenvalue weighted by molar-refractivity contribution is 0.574. The van der Waals surface area contributed by atoms with Crippen LogP contribution in [0, 0.1) is 0 Å². The molecular formula is C15H13BrCl3N. The number of nitrogens with one attached hydrogen (secondary N) is 1. The van der Waals surface area contributed by atoms with Crippen LogP contribution in [-0.2, 0) is 6.54 Å². The Kier molecular flexibility index (Phi) is 5.76. The SMILES string of the molecule is CC(NCc1ccc(Cl)c(Br)c1)c1ccc(Cl)c(Cl)c1. The molecule has 0 spiro atoms. The molecule has 0 aliphatic heterocycles. The molecule has 1 atom stereocenters. The first-order valence-electron chi connectivity index (χ1n) is 6.09. The Hall–Kier alpha value is -0.250. The van der Waals surface area contributed by atoms with Crippen LogP contribution in [0.1, 0.15) is 24.1 Å². The van der Waals surface area contributed by atoms with Gasteiger partial charge in [-0.05, 0) is 58.2 Å². The molecule has 0 aliphatic carbocycles. The van der Waals surface area contributed by atoms with Crippen LogP contribution < -0.4 is 5.32 Å². The highest BCUT2D eigenvalue weighted by atomic mass is 79.9. The van der Waals surface area contributed by atoms with Gasteiger partial charge in [-0.15, -0.1) is 0 Å². The first kappa shape index (κ1) is 16.1. The second-order valence-electron chi connectivity index (χ2n) is 4.52. The summed E-state index contributed by atoms with van der Waals surface area (Å²) in [5.41, 5.74) is 2.26. The van der Waals surface area contributed by atoms with Crippen LogP contribution in [0.5, 0.6) is 0 Å². The number of hydrogen-bond acceptors (Lipinski definition) is 1. The predicted octanol–water partition coefficient (Wildman–Crippen LogP) is 6.26. The standard InChI is InChI=1S/C15H13BrCl3N/c1-9(11-3-5-14(18)15(19)7-11)20-8-10-2-4-13(17)12(16)6-10/h2-7,9,20H,8H2,1H3. The van der Waals surface area contributed by atoms with E-state index in [9.17, 15) is 0 Å². The van der Waals surface area contributed by atoms with Gasteiger partial charge in [-0.1, -0.05) is 46.9 Å². The molecule has 106 valence electrons. The molecule has 2 rings (SSSR count). The largest absolute Gasteiger partial charge is 0.306 e. The molecule has 5 heteroatoms. The fourth-order valence-corrected chi connectivity index (χ4v) is 2.67. The van der Waals surface area contributed by atoms with Crippen LogP contribution in [0.15, 0.2) is 40.9 Å². The highest BCUT2D eigenvalue weighted by molar-refractivity contribution is 9.10. The van der Waals surface area contributed by atoms with E-state index in [0.717, 1.165) is 22.1 Å². The van der Waals surface area contributed by atoms with Crippen molar-refractivity contribution in [2.45, 2.75) is 19.5 Å². The minimum absolute atomic E-state index is 0.180. The van der Waals surface area contributed by atoms with Gasteiger partial charge in [0.1, 0.15) is 0 Å². The van der Waals surface area contributed by atoms with Crippen molar-refractivity contribution in [3.8, 4) is 0 Å². The molecule has 20 heavy (non-hydrogen) atoms. The molecule has 2 aromatic rings. The predicted molar refractivity (Wildman–Crippen MR) is 90.9 cm³/mol. The van der Waals surface area contributed by atoms with Gasteiger partial charge in [-0.2, -0.15) is 0 Å². The van der Waals surface area contributed by atoms with E-state index in [4.69, 9.17) is 34.8 Å². The van der Waals surface area contributed by atoms with Gasteiger partial charge in [-0.3, -0.25) is 0 Å². The number of rotatable bonds is 4. The van der Waals surface area contributed by atoms with E-state index in [2.05, 4.69) is 28.2 Å². The smallest absolute Gasteiger partial charge is 0.0595 e. The third kappa shape index (κ3) is 4.12. The summed E-state index contributed by atoms with van der Waals surface area (Å²) in [5.74, 6) is 0. The van der Waals surface area contributed by atoms with Crippen molar-refractivity contribution in [3.63, 3.8) is 0 Å². The van der Waals surface area contributed by atoms with E-state index in [0.29, 0.717) is 15.1 Å². The van der Waals surface area contributed by atoms with Gasteiger partial charge in [0.05, 0.1) is 15.1 Å². The molecule has 0 radical (unpaired) electrons. The minimum Gasteiger partial charge on any atom is -0.306 e. The lowest BCUT2D eigenvalue weighted by Crippen LogP contribution is -2.18. The molecule has 1 nitrogen and oxygen atoms in total. The van der Waals surface area contributed by atoms with Crippen LogP contribution >= 0.6 is 50.7 Å². The molecule has 0 bridgehead atoms. The van der Waals surface area contributed by atoms with Gasteiger partial charge in [-0.25, -0.2) is 0 Å². The topological polar surface area (TPSA) is 12.0 Å². The zero-order valence-electron chi connectivity index (χ0n) is 10.8. The lowest BCUT2D eigenvalue weighted by atomic mass is 10.1. The average Bonchev–Trinajstić information content (AvgIpc) is 2.43. The van der Waals surface area contributed by atoms with Gasteiger partial charge in [0, 0.05) is 17.1 Å². The summed E-state index contributed by atoms with van der Waals surface area (Å²) in [6.07, 6.45) is 0. The minimum atomic E-state index is 0.180. The van der Waals surface area contributed by atoms with Crippen LogP contribution in [-0.4, -0.2) is 0 Å². The van der Waals surface area contributed by atoms with E-state index in [1.54, 1.807) is 0 Å². The van der Waals surface area contributed by atoms with E-state index in [1.165, 1.54) is 0 Å². The molecule has 0 saturated heterocycles. The van der Waals surface area contributed by atoms with Crippen molar-refractivity contribution in [1.82, 2.24) is 5.32 Å². The quantitative estimate of drug-likeness (QED) is 0.646. The summed E-state index contributed by atoms with van der Waals surface area (Å²) in [7, 11) is 0. The van der Waals surface area contributed by atoms with E-state index < -0.39 is 0 Å². The Bertz CT molecular complexity index is 616. The number of halogens is 4. The van der Waals surface area contributed by atoms with Crippen molar-refractivity contribution in [2.24, 2.45) is 0 Å². The van der Waals surface area contributed by atoms with Gasteiger partial charge < -0.3 is 5.32 Å². The summed E-state index contributed by atoms with van der Waals surface area (Å²) in [6.45, 7) is 2.84. The maximum atomic E-state index is 6.03. The summed E-state index contributed by atoms with van der Waals surface area (Å²) in [6, 6.07) is 11.8. The fraction of sp³-hybridized carbons (Fsp3) is 0.200. The molecule has 1 N–H and O–H groups in total. The third-order valence-electron chi connectivity index (χ3n) is 3.04. The fourth-order valence-electron chi connectivity index (χ4n) is 1.82. The van der Waals surface area contributed by atoms with Gasteiger partial charge >= 0.3 is 0 Å². The number of hydrogen-bond donors (Lipinski definition) is 1. The normalized spacial score (nSPS) is 12.4. The van der Waals surface area contributed by atoms with Crippen LogP contribution in [0.4, 0.5) is 0 Å². The van der Waals surface area contributed by atoms with Crippen LogP contribution in [0.25, 0.3) is 0 Å². The maximum Gasteiger partial charge on any atom is 0.0595 e. The Labute approximate surface area is 142 Å². The van der Waals surface area contributed by atoms with Crippen molar-refractivity contribution in [2.75, 3.05) is 0 Å². The van der Waals surface area contributed by atoms with E-state index >= 15 is 0 Å². The second kappa shape index (κ2) is 7.15. The van der Waals surface area contributed by atoms with Gasteiger partial charge in [0.25, 0.3) is 0 Å². The van der Waals surface area contributed by atoms with Crippen molar-refractivity contribution in [3.05, 3.63) is 67.1 Å². The van der Waals surface area contributed by atoms with Gasteiger partial charge in [0.15, 0.2) is 0 Å². The van der Waals surface area contributed by atoms with Crippen molar-refractivity contribution < 1.29 is 0 Å². The first-order valence-corrected chi connectivity index (χ1v) is 8.02. The van der Waals surface area contributed by atoms with E-state index in [1.807, 2.05) is 36.4 Å². The summed E-state index contributed by atoms with van der Waals surface area (Å²) in [5, 5.41) is 5.31. The molecule has 0 saturated carbocycles. The molecule has 1 unspecified atom stereocenters. The molecule has 0 aromatic heterocycles. The highest BCUT2D eigenvalue weighted by Gasteiger charge is 2.08. The Balaban J connectivity index is 2.02. The summed E-state index contributed by atoms with van der Waals surface area (Å²) in [4.78, 5) is 0. The average molecular weight is 394 g/mol. The molecule has 0 heterocycles. The molecule has 2 aromatic carbocycles. The lowest BCUT2D eigenvalue weighted by Gasteiger charge is -2.15. The summed E-state index contributed by atoms with van der Waals surface area (Å²) >= 11 is 21.4. The molecule has 0 fully saturated rings. The highest BCUT2D eigenvalue weighted by Crippen LogP contribution is 2.26. The zero-order valence-corrected chi connectivity index (χ0v) is 14.6. The van der Waals surface area contributed by atoms with Crippen molar-refractivity contribution in [1.29, 1.82) is 0 Å². The van der Waals surface area contributed by atoms with Crippen LogP contribution in [0.2, 0.25) is 15.1 Å². The molecule has 0 aliphatic rings. The first-order chi connectivity index (χ1) is 9.47. The number of benzene rings is 2. The monoisotopic (exact) mass is 391 g/mol. The van der Waals surface area contributed by atoms with Crippen LogP contribution in [0.3, 0.4) is 0 Å². The van der Waals surface area contributed by atoms with Crippen molar-refractivity contribution >= 4 is 50.7 Å². The Morgan fingerprint density at radius 3 is 2.35 bits per heavy atom. The zero-order chi connectivity index (χ0) is 14.7. The maximum absolute atomic E-state index is 6.03. The van der Waals surface area contributed by atoms with Gasteiger partial charge in [0.2, 0.25) is 0 Å². The molecular weight excluding hydrogens is 380 g/mol. The van der Waals surface area contributed by atoms with E-state index in [-0.39, 0.29) is 6.04 Å².